The minimum Gasteiger partial charge on any atom is -0.330 e. The number of hydrogen-bond donors (Lipinski definition) is 2. The topological polar surface area (TPSA) is 55.1 Å². The number of anilines is 1. The highest BCUT2D eigenvalue weighted by molar-refractivity contribution is 6.02. The number of hydrogen-bond acceptors (Lipinski definition) is 2. The molecule has 1 aromatic rings. The molecule has 1 heterocycles. The highest BCUT2D eigenvalue weighted by Crippen LogP contribution is 2.36. The van der Waals surface area contributed by atoms with Crippen LogP contribution < -0.4 is 11.1 Å². The van der Waals surface area contributed by atoms with Crippen molar-refractivity contribution in [3.63, 3.8) is 0 Å². The fourth-order valence-corrected chi connectivity index (χ4v) is 1.84. The minimum absolute atomic E-state index is 0.218. The Hall–Kier alpha value is -1.49. The summed E-state index contributed by atoms with van der Waals surface area (Å²) in [6.07, 6.45) is 0.362. The summed E-state index contributed by atoms with van der Waals surface area (Å²) in [4.78, 5) is 11.4. The van der Waals surface area contributed by atoms with Crippen LogP contribution in [-0.4, -0.2) is 12.5 Å². The first-order valence-electron chi connectivity index (χ1n) is 4.63. The second-order valence-electron chi connectivity index (χ2n) is 3.47. The van der Waals surface area contributed by atoms with Crippen LogP contribution in [0.1, 0.15) is 17.9 Å². The van der Waals surface area contributed by atoms with Gasteiger partial charge in [0.15, 0.2) is 0 Å². The first-order chi connectivity index (χ1) is 7.13. The van der Waals surface area contributed by atoms with E-state index in [1.54, 1.807) is 0 Å². The van der Waals surface area contributed by atoms with E-state index in [4.69, 9.17) is 5.73 Å². The molecule has 1 aliphatic heterocycles. The Labute approximate surface area is 85.3 Å². The molecule has 80 valence electrons. The smallest absolute Gasteiger partial charge is 0.232 e. The zero-order valence-corrected chi connectivity index (χ0v) is 7.89. The molecule has 3 N–H and O–H groups in total. The van der Waals surface area contributed by atoms with Crippen LogP contribution in [0.25, 0.3) is 0 Å². The van der Waals surface area contributed by atoms with Gasteiger partial charge in [-0.1, -0.05) is 0 Å². The van der Waals surface area contributed by atoms with Crippen molar-refractivity contribution in [2.45, 2.75) is 12.3 Å². The fraction of sp³-hybridized carbons (Fsp3) is 0.300. The van der Waals surface area contributed by atoms with Gasteiger partial charge in [0.05, 0.1) is 11.6 Å². The summed E-state index contributed by atoms with van der Waals surface area (Å²) in [6.45, 7) is 0.286. The van der Waals surface area contributed by atoms with Crippen LogP contribution in [0.4, 0.5) is 14.5 Å². The number of benzene rings is 1. The Kier molecular flexibility index (Phi) is 2.40. The summed E-state index contributed by atoms with van der Waals surface area (Å²) in [6, 6.07) is 1.90. The SMILES string of the molecule is NCCC1C(=O)Nc2cc(F)cc(F)c21. The first-order valence-corrected chi connectivity index (χ1v) is 4.63. The summed E-state index contributed by atoms with van der Waals surface area (Å²) >= 11 is 0. The number of carbonyl (C=O) groups excluding carboxylic acids is 1. The third-order valence-corrected chi connectivity index (χ3v) is 2.47. The molecule has 1 aromatic carbocycles. The zero-order chi connectivity index (χ0) is 11.0. The van der Waals surface area contributed by atoms with Gasteiger partial charge in [0.2, 0.25) is 5.91 Å². The van der Waals surface area contributed by atoms with E-state index in [1.807, 2.05) is 0 Å². The highest BCUT2D eigenvalue weighted by atomic mass is 19.1. The van der Waals surface area contributed by atoms with Crippen molar-refractivity contribution in [1.82, 2.24) is 0 Å². The molecule has 0 fully saturated rings. The van der Waals surface area contributed by atoms with E-state index < -0.39 is 17.6 Å². The van der Waals surface area contributed by atoms with E-state index in [1.165, 1.54) is 0 Å². The molecule has 2 rings (SSSR count). The fourth-order valence-electron chi connectivity index (χ4n) is 1.84. The monoisotopic (exact) mass is 212 g/mol. The van der Waals surface area contributed by atoms with Gasteiger partial charge in [0.1, 0.15) is 11.6 Å². The Morgan fingerprint density at radius 2 is 2.13 bits per heavy atom. The number of rotatable bonds is 2. The lowest BCUT2D eigenvalue weighted by molar-refractivity contribution is -0.117. The molecule has 0 aromatic heterocycles. The third kappa shape index (κ3) is 1.59. The summed E-state index contributed by atoms with van der Waals surface area (Å²) in [5, 5.41) is 2.44. The maximum atomic E-state index is 13.4. The van der Waals surface area contributed by atoms with Crippen molar-refractivity contribution in [3.05, 3.63) is 29.3 Å². The van der Waals surface area contributed by atoms with Gasteiger partial charge in [-0.3, -0.25) is 4.79 Å². The molecule has 0 saturated carbocycles. The number of nitrogens with one attached hydrogen (secondary N) is 1. The van der Waals surface area contributed by atoms with E-state index in [-0.39, 0.29) is 23.7 Å². The van der Waals surface area contributed by atoms with Crippen molar-refractivity contribution in [2.24, 2.45) is 5.73 Å². The van der Waals surface area contributed by atoms with Crippen LogP contribution in [0.3, 0.4) is 0 Å². The molecule has 0 radical (unpaired) electrons. The van der Waals surface area contributed by atoms with Crippen LogP contribution in [0, 0.1) is 11.6 Å². The normalized spacial score (nSPS) is 18.9. The standard InChI is InChI=1S/C10H10F2N2O/c11-5-3-7(12)9-6(1-2-13)10(15)14-8(9)4-5/h3-4,6H,1-2,13H2,(H,14,15). The maximum absolute atomic E-state index is 13.4. The van der Waals surface area contributed by atoms with Gasteiger partial charge in [-0.2, -0.15) is 0 Å². The van der Waals surface area contributed by atoms with E-state index >= 15 is 0 Å². The molecule has 0 saturated heterocycles. The molecule has 1 amide bonds. The lowest BCUT2D eigenvalue weighted by Gasteiger charge is -2.07. The molecule has 5 heteroatoms. The van der Waals surface area contributed by atoms with Crippen LogP contribution in [-0.2, 0) is 4.79 Å². The molecule has 0 aliphatic carbocycles. The van der Waals surface area contributed by atoms with Gasteiger partial charge in [-0.25, -0.2) is 8.78 Å². The number of nitrogens with two attached hydrogens (primary N) is 1. The van der Waals surface area contributed by atoms with Gasteiger partial charge >= 0.3 is 0 Å². The van der Waals surface area contributed by atoms with Gasteiger partial charge in [0.25, 0.3) is 0 Å². The Balaban J connectivity index is 2.48. The van der Waals surface area contributed by atoms with E-state index in [2.05, 4.69) is 5.32 Å². The van der Waals surface area contributed by atoms with Crippen molar-refractivity contribution >= 4 is 11.6 Å². The maximum Gasteiger partial charge on any atom is 0.232 e. The number of halogens is 2. The van der Waals surface area contributed by atoms with Crippen molar-refractivity contribution in [3.8, 4) is 0 Å². The lowest BCUT2D eigenvalue weighted by atomic mass is 9.97. The van der Waals surface area contributed by atoms with Gasteiger partial charge < -0.3 is 11.1 Å². The molecule has 15 heavy (non-hydrogen) atoms. The van der Waals surface area contributed by atoms with Crippen LogP contribution >= 0.6 is 0 Å². The molecular weight excluding hydrogens is 202 g/mol. The molecule has 3 nitrogen and oxygen atoms in total. The van der Waals surface area contributed by atoms with Crippen LogP contribution in [0.15, 0.2) is 12.1 Å². The summed E-state index contributed by atoms with van der Waals surface area (Å²) in [5.41, 5.74) is 5.78. The third-order valence-electron chi connectivity index (χ3n) is 2.47. The predicted molar refractivity (Wildman–Crippen MR) is 51.4 cm³/mol. The number of fused-ring (bicyclic) bond motifs is 1. The Morgan fingerprint density at radius 3 is 2.80 bits per heavy atom. The lowest BCUT2D eigenvalue weighted by Crippen LogP contribution is -2.16. The van der Waals surface area contributed by atoms with Crippen LogP contribution in [0.2, 0.25) is 0 Å². The van der Waals surface area contributed by atoms with Crippen molar-refractivity contribution in [2.75, 3.05) is 11.9 Å². The van der Waals surface area contributed by atoms with E-state index in [0.717, 1.165) is 12.1 Å². The van der Waals surface area contributed by atoms with Gasteiger partial charge in [-0.15, -0.1) is 0 Å². The largest absolute Gasteiger partial charge is 0.330 e. The number of carbonyl (C=O) groups is 1. The minimum atomic E-state index is -0.694. The van der Waals surface area contributed by atoms with Gasteiger partial charge in [-0.05, 0) is 19.0 Å². The Morgan fingerprint density at radius 1 is 1.40 bits per heavy atom. The molecule has 1 aliphatic rings. The molecule has 0 bridgehead atoms. The molecule has 1 unspecified atom stereocenters. The Bertz CT molecular complexity index is 420. The summed E-state index contributed by atoms with van der Waals surface area (Å²) in [7, 11) is 0. The second kappa shape index (κ2) is 3.58. The summed E-state index contributed by atoms with van der Waals surface area (Å²) < 4.78 is 26.3. The van der Waals surface area contributed by atoms with E-state index in [0.29, 0.717) is 6.42 Å². The molecular formula is C10H10F2N2O. The second-order valence-corrected chi connectivity index (χ2v) is 3.47. The van der Waals surface area contributed by atoms with Crippen molar-refractivity contribution < 1.29 is 13.6 Å². The highest BCUT2D eigenvalue weighted by Gasteiger charge is 2.33. The first kappa shape index (κ1) is 10.0. The summed E-state index contributed by atoms with van der Waals surface area (Å²) in [5.74, 6) is -2.30. The van der Waals surface area contributed by atoms with Crippen molar-refractivity contribution in [1.29, 1.82) is 0 Å². The average Bonchev–Trinajstić information content (AvgIpc) is 2.43. The average molecular weight is 212 g/mol. The van der Waals surface area contributed by atoms with Gasteiger partial charge in [0, 0.05) is 11.6 Å². The predicted octanol–water partition coefficient (Wildman–Crippen LogP) is 1.35. The van der Waals surface area contributed by atoms with Crippen LogP contribution in [0.5, 0.6) is 0 Å². The molecule has 1 atom stereocenters. The molecule has 0 spiro atoms. The number of amides is 1. The van der Waals surface area contributed by atoms with E-state index in [9.17, 15) is 13.6 Å². The zero-order valence-electron chi connectivity index (χ0n) is 7.89. The quantitative estimate of drug-likeness (QED) is 0.777.